The molecule has 0 saturated heterocycles. The minimum atomic E-state index is 1.17. The minimum absolute atomic E-state index is 1.17. The van der Waals surface area contributed by atoms with Gasteiger partial charge in [0, 0.05) is 32.9 Å². The van der Waals surface area contributed by atoms with Crippen molar-refractivity contribution in [2.24, 2.45) is 0 Å². The van der Waals surface area contributed by atoms with Crippen LogP contribution in [0, 0.1) is 0 Å². The van der Waals surface area contributed by atoms with Crippen molar-refractivity contribution in [3.05, 3.63) is 218 Å². The molecule has 0 amide bonds. The molecule has 2 nitrogen and oxygen atoms in total. The predicted octanol–water partition coefficient (Wildman–Crippen LogP) is 14.5. The highest BCUT2D eigenvalue weighted by atomic mass is 15.0. The summed E-state index contributed by atoms with van der Waals surface area (Å²) >= 11 is 0. The van der Waals surface area contributed by atoms with Crippen LogP contribution in [0.1, 0.15) is 0 Å². The van der Waals surface area contributed by atoms with Crippen molar-refractivity contribution in [1.29, 1.82) is 0 Å². The average Bonchev–Trinajstić information content (AvgIpc) is 3.80. The van der Waals surface area contributed by atoms with Gasteiger partial charge in [0.25, 0.3) is 0 Å². The zero-order chi connectivity index (χ0) is 37.0. The van der Waals surface area contributed by atoms with Gasteiger partial charge in [0.2, 0.25) is 0 Å². The van der Waals surface area contributed by atoms with Gasteiger partial charge in [0.1, 0.15) is 0 Å². The monoisotopic (exact) mass is 712 g/mol. The van der Waals surface area contributed by atoms with Crippen LogP contribution in [-0.4, -0.2) is 9.13 Å². The first-order chi connectivity index (χ1) is 27.8. The molecule has 0 aliphatic carbocycles. The number of hydrogen-bond acceptors (Lipinski definition) is 0. The zero-order valence-corrected chi connectivity index (χ0v) is 30.7. The molecule has 2 heteroatoms. The third kappa shape index (κ3) is 5.34. The highest BCUT2D eigenvalue weighted by Crippen LogP contribution is 2.35. The molecule has 2 aromatic heterocycles. The van der Waals surface area contributed by atoms with Gasteiger partial charge in [-0.2, -0.15) is 0 Å². The highest BCUT2D eigenvalue weighted by Gasteiger charge is 2.13. The molecule has 0 N–H and O–H groups in total. The first-order valence-electron chi connectivity index (χ1n) is 19.3. The van der Waals surface area contributed by atoms with Crippen LogP contribution in [0.3, 0.4) is 0 Å². The van der Waals surface area contributed by atoms with Crippen molar-refractivity contribution in [3.8, 4) is 55.9 Å². The maximum atomic E-state index is 2.36. The van der Waals surface area contributed by atoms with Gasteiger partial charge in [-0.1, -0.05) is 170 Å². The summed E-state index contributed by atoms with van der Waals surface area (Å²) < 4.78 is 4.73. The van der Waals surface area contributed by atoms with Crippen molar-refractivity contribution >= 4 is 43.6 Å². The second kappa shape index (κ2) is 13.2. The van der Waals surface area contributed by atoms with Gasteiger partial charge in [-0.3, -0.25) is 0 Å². The van der Waals surface area contributed by atoms with Crippen LogP contribution < -0.4 is 0 Å². The van der Waals surface area contributed by atoms with E-state index in [1.807, 2.05) is 0 Å². The molecule has 56 heavy (non-hydrogen) atoms. The molecule has 9 aromatic carbocycles. The smallest absolute Gasteiger partial charge is 0.0541 e. The molecular weight excluding hydrogens is 677 g/mol. The highest BCUT2D eigenvalue weighted by molar-refractivity contribution is 6.10. The summed E-state index contributed by atoms with van der Waals surface area (Å²) in [6.07, 6.45) is 0. The van der Waals surface area contributed by atoms with Crippen LogP contribution in [0.15, 0.2) is 218 Å². The second-order valence-corrected chi connectivity index (χ2v) is 14.6. The summed E-state index contributed by atoms with van der Waals surface area (Å²) in [6.45, 7) is 0. The lowest BCUT2D eigenvalue weighted by atomic mass is 9.97. The van der Waals surface area contributed by atoms with Gasteiger partial charge >= 0.3 is 0 Å². The van der Waals surface area contributed by atoms with Gasteiger partial charge < -0.3 is 9.13 Å². The molecule has 2 heterocycles. The van der Waals surface area contributed by atoms with Crippen LogP contribution >= 0.6 is 0 Å². The fraction of sp³-hybridized carbons (Fsp3) is 0. The van der Waals surface area contributed by atoms with Crippen LogP contribution in [0.5, 0.6) is 0 Å². The topological polar surface area (TPSA) is 9.86 Å². The minimum Gasteiger partial charge on any atom is -0.309 e. The van der Waals surface area contributed by atoms with Gasteiger partial charge in [0.15, 0.2) is 0 Å². The summed E-state index contributed by atoms with van der Waals surface area (Å²) in [5, 5.41) is 5.12. The number of aromatic nitrogens is 2. The van der Waals surface area contributed by atoms with E-state index in [-0.39, 0.29) is 0 Å². The van der Waals surface area contributed by atoms with E-state index in [1.54, 1.807) is 0 Å². The van der Waals surface area contributed by atoms with E-state index in [0.29, 0.717) is 0 Å². The lowest BCUT2D eigenvalue weighted by Gasteiger charge is -2.11. The molecule has 262 valence electrons. The average molecular weight is 713 g/mol. The number of para-hydroxylation sites is 4. The lowest BCUT2D eigenvalue weighted by molar-refractivity contribution is 1.18. The van der Waals surface area contributed by atoms with E-state index in [9.17, 15) is 0 Å². The number of hydrogen-bond donors (Lipinski definition) is 0. The Morgan fingerprint density at radius 1 is 0.179 bits per heavy atom. The van der Waals surface area contributed by atoms with E-state index in [4.69, 9.17) is 0 Å². The molecule has 0 aliphatic rings. The van der Waals surface area contributed by atoms with Crippen molar-refractivity contribution in [3.63, 3.8) is 0 Å². The molecule has 0 bridgehead atoms. The summed E-state index contributed by atoms with van der Waals surface area (Å²) in [7, 11) is 0. The number of nitrogens with zero attached hydrogens (tertiary/aromatic N) is 2. The molecule has 0 atom stereocenters. The Hall–Kier alpha value is -7.42. The van der Waals surface area contributed by atoms with Gasteiger partial charge in [0.05, 0.1) is 22.1 Å². The fourth-order valence-corrected chi connectivity index (χ4v) is 8.57. The third-order valence-electron chi connectivity index (χ3n) is 11.4. The van der Waals surface area contributed by atoms with E-state index in [0.717, 1.165) is 0 Å². The van der Waals surface area contributed by atoms with Gasteiger partial charge in [-0.15, -0.1) is 0 Å². The van der Waals surface area contributed by atoms with Crippen molar-refractivity contribution in [1.82, 2.24) is 9.13 Å². The van der Waals surface area contributed by atoms with Crippen LogP contribution in [0.2, 0.25) is 0 Å². The van der Waals surface area contributed by atoms with E-state index < -0.39 is 0 Å². The first-order valence-corrected chi connectivity index (χ1v) is 19.3. The maximum absolute atomic E-state index is 2.36. The SMILES string of the molecule is c1ccc2c(c1)c1ccccc1n2-c1ccc(-c2ccc(-c3ccc(-c4ccc(-c5ccc(-n6c7ccccc7c7ccccc76)cc5)cc4)cc3)cc2)cc1. The quantitative estimate of drug-likeness (QED) is 0.162. The van der Waals surface area contributed by atoms with Crippen LogP contribution in [0.4, 0.5) is 0 Å². The Kier molecular flexibility index (Phi) is 7.53. The maximum Gasteiger partial charge on any atom is 0.0541 e. The zero-order valence-electron chi connectivity index (χ0n) is 30.7. The molecule has 0 spiro atoms. The fourth-order valence-electron chi connectivity index (χ4n) is 8.57. The third-order valence-corrected chi connectivity index (χ3v) is 11.4. The van der Waals surface area contributed by atoms with E-state index in [1.165, 1.54) is 99.5 Å². The molecule has 11 rings (SSSR count). The Morgan fingerprint density at radius 2 is 0.357 bits per heavy atom. The number of benzene rings is 9. The number of rotatable bonds is 6. The molecule has 0 saturated carbocycles. The van der Waals surface area contributed by atoms with Crippen LogP contribution in [-0.2, 0) is 0 Å². The molecular formula is C54H36N2. The largest absolute Gasteiger partial charge is 0.309 e. The first kappa shape index (κ1) is 32.0. The summed E-state index contributed by atoms with van der Waals surface area (Å²) in [5.41, 5.74) is 16.9. The van der Waals surface area contributed by atoms with E-state index in [2.05, 4.69) is 228 Å². The summed E-state index contributed by atoms with van der Waals surface area (Å²) in [5.74, 6) is 0. The molecule has 0 aliphatic heterocycles. The molecule has 0 radical (unpaired) electrons. The van der Waals surface area contributed by atoms with Crippen molar-refractivity contribution in [2.75, 3.05) is 0 Å². The normalized spacial score (nSPS) is 11.6. The Balaban J connectivity index is 0.797. The van der Waals surface area contributed by atoms with Crippen molar-refractivity contribution < 1.29 is 0 Å². The van der Waals surface area contributed by atoms with Gasteiger partial charge in [-0.05, 0) is 93.0 Å². The van der Waals surface area contributed by atoms with Crippen molar-refractivity contribution in [2.45, 2.75) is 0 Å². The Morgan fingerprint density at radius 3 is 0.571 bits per heavy atom. The second-order valence-electron chi connectivity index (χ2n) is 14.6. The molecule has 0 unspecified atom stereocenters. The van der Waals surface area contributed by atoms with Gasteiger partial charge in [-0.25, -0.2) is 0 Å². The lowest BCUT2D eigenvalue weighted by Crippen LogP contribution is -1.93. The summed E-state index contributed by atoms with van der Waals surface area (Å²) in [6, 6.07) is 79.2. The molecule has 11 aromatic rings. The summed E-state index contributed by atoms with van der Waals surface area (Å²) in [4.78, 5) is 0. The Bertz CT molecular complexity index is 2850. The van der Waals surface area contributed by atoms with E-state index >= 15 is 0 Å². The molecule has 0 fully saturated rings. The standard InChI is InChI=1S/C54H36N2/c1-5-13-51-47(9-1)48-10-2-6-14-52(48)55(51)45-33-29-43(30-34-45)41-25-21-39(22-26-41)37-17-19-38(20-18-37)40-23-27-42(28-24-40)44-31-35-46(36-32-44)56-53-15-7-3-11-49(53)50-12-4-8-16-54(50)56/h1-36H. The number of fused-ring (bicyclic) bond motifs is 6. The van der Waals surface area contributed by atoms with Crippen LogP contribution in [0.25, 0.3) is 99.5 Å². The predicted molar refractivity (Wildman–Crippen MR) is 237 cm³/mol. The Labute approximate surface area is 325 Å².